The van der Waals surface area contributed by atoms with Crippen LogP contribution in [0.15, 0.2) is 18.2 Å². The predicted molar refractivity (Wildman–Crippen MR) is 95.4 cm³/mol. The zero-order chi connectivity index (χ0) is 17.1. The number of rotatable bonds is 6. The topological polar surface area (TPSA) is 90.5 Å². The van der Waals surface area contributed by atoms with E-state index >= 15 is 0 Å². The number of amides is 3. The molecular formula is C17H23N3O3S. The number of anilines is 1. The first-order valence-corrected chi connectivity index (χ1v) is 9.36. The van der Waals surface area contributed by atoms with Gasteiger partial charge in [-0.25, -0.2) is 4.79 Å². The lowest BCUT2D eigenvalue weighted by Gasteiger charge is -2.16. The number of carbonyl (C=O) groups is 2. The number of thioether (sulfide) groups is 1. The van der Waals surface area contributed by atoms with Crippen molar-refractivity contribution in [2.45, 2.75) is 49.9 Å². The maximum atomic E-state index is 12.0. The summed E-state index contributed by atoms with van der Waals surface area (Å²) in [6.07, 6.45) is 3.30. The number of hydrogen-bond acceptors (Lipinski definition) is 4. The zero-order valence-corrected chi connectivity index (χ0v) is 14.5. The van der Waals surface area contributed by atoms with Gasteiger partial charge in [-0.2, -0.15) is 11.8 Å². The number of carbonyl (C=O) groups excluding carboxylic acids is 2. The molecule has 2 saturated heterocycles. The molecule has 0 unspecified atom stereocenters. The third kappa shape index (κ3) is 3.95. The highest BCUT2D eigenvalue weighted by Gasteiger charge is 2.42. The predicted octanol–water partition coefficient (Wildman–Crippen LogP) is 2.36. The summed E-state index contributed by atoms with van der Waals surface area (Å²) in [4.78, 5) is 23.4. The summed E-state index contributed by atoms with van der Waals surface area (Å²) in [5, 5.41) is 18.6. The number of fused-ring (bicyclic) bond motifs is 1. The molecule has 0 spiro atoms. The molecule has 0 aromatic heterocycles. The van der Waals surface area contributed by atoms with Crippen LogP contribution in [0, 0.1) is 6.92 Å². The van der Waals surface area contributed by atoms with Gasteiger partial charge in [0.1, 0.15) is 5.75 Å². The van der Waals surface area contributed by atoms with E-state index in [0.717, 1.165) is 36.3 Å². The van der Waals surface area contributed by atoms with Crippen LogP contribution in [-0.2, 0) is 4.79 Å². The lowest BCUT2D eigenvalue weighted by molar-refractivity contribution is -0.116. The Morgan fingerprint density at radius 3 is 3.00 bits per heavy atom. The van der Waals surface area contributed by atoms with Crippen molar-refractivity contribution >= 4 is 29.4 Å². The van der Waals surface area contributed by atoms with E-state index < -0.39 is 0 Å². The molecule has 6 nitrogen and oxygen atoms in total. The molecule has 2 fully saturated rings. The average molecular weight is 349 g/mol. The van der Waals surface area contributed by atoms with Gasteiger partial charge in [-0.05, 0) is 43.5 Å². The van der Waals surface area contributed by atoms with Crippen molar-refractivity contribution in [3.05, 3.63) is 23.8 Å². The summed E-state index contributed by atoms with van der Waals surface area (Å²) in [6, 6.07) is 5.35. The van der Waals surface area contributed by atoms with Crippen LogP contribution in [0.4, 0.5) is 10.5 Å². The Morgan fingerprint density at radius 1 is 1.38 bits per heavy atom. The monoisotopic (exact) mass is 349 g/mol. The fourth-order valence-corrected chi connectivity index (χ4v) is 4.82. The Morgan fingerprint density at radius 2 is 2.21 bits per heavy atom. The number of phenolic OH excluding ortho intramolecular Hbond substituents is 1. The molecule has 1 aromatic rings. The van der Waals surface area contributed by atoms with Crippen molar-refractivity contribution < 1.29 is 14.7 Å². The normalized spacial score (nSPS) is 25.0. The summed E-state index contributed by atoms with van der Waals surface area (Å²) < 4.78 is 0. The molecule has 7 heteroatoms. The number of phenols is 1. The molecule has 2 aliphatic rings. The number of nitrogens with one attached hydrogen (secondary N) is 3. The first-order chi connectivity index (χ1) is 11.5. The van der Waals surface area contributed by atoms with Crippen LogP contribution in [0.5, 0.6) is 5.75 Å². The SMILES string of the molecule is Cc1cc(O)ccc1NC(=O)CCCC[C@@H]1SC[C@@H]2NC(=O)N[C@@H]21. The zero-order valence-electron chi connectivity index (χ0n) is 13.7. The lowest BCUT2D eigenvalue weighted by Crippen LogP contribution is -2.36. The standard InChI is InChI=1S/C17H23N3O3S/c1-10-8-11(21)6-7-12(10)18-15(22)5-3-2-4-14-16-13(9-24-14)19-17(23)20-16/h6-8,13-14,16,21H,2-5,9H2,1H3,(H,18,22)(H2,19,20,23)/t13-,14-,16-/m0/s1. The molecule has 130 valence electrons. The van der Waals surface area contributed by atoms with E-state index in [-0.39, 0.29) is 29.8 Å². The van der Waals surface area contributed by atoms with Crippen LogP contribution in [0.3, 0.4) is 0 Å². The highest BCUT2D eigenvalue weighted by atomic mass is 32.2. The Hall–Kier alpha value is -1.89. The largest absolute Gasteiger partial charge is 0.508 e. The summed E-state index contributed by atoms with van der Waals surface area (Å²) in [5.41, 5.74) is 1.59. The van der Waals surface area contributed by atoms with Gasteiger partial charge in [-0.1, -0.05) is 6.42 Å². The Bertz CT molecular complexity index is 638. The van der Waals surface area contributed by atoms with Crippen molar-refractivity contribution in [2.24, 2.45) is 0 Å². The number of benzene rings is 1. The van der Waals surface area contributed by atoms with Crippen LogP contribution < -0.4 is 16.0 Å². The molecule has 4 N–H and O–H groups in total. The van der Waals surface area contributed by atoms with Gasteiger partial charge in [-0.3, -0.25) is 4.79 Å². The van der Waals surface area contributed by atoms with E-state index in [9.17, 15) is 14.7 Å². The maximum Gasteiger partial charge on any atom is 0.315 e. The second kappa shape index (κ2) is 7.34. The molecule has 0 aliphatic carbocycles. The Balaban J connectivity index is 1.37. The van der Waals surface area contributed by atoms with Crippen LogP contribution in [0.2, 0.25) is 0 Å². The van der Waals surface area contributed by atoms with Gasteiger partial charge >= 0.3 is 6.03 Å². The summed E-state index contributed by atoms with van der Waals surface area (Å²) in [7, 11) is 0. The highest BCUT2D eigenvalue weighted by molar-refractivity contribution is 8.00. The molecule has 24 heavy (non-hydrogen) atoms. The van der Waals surface area contributed by atoms with Crippen LogP contribution >= 0.6 is 11.8 Å². The molecule has 3 amide bonds. The van der Waals surface area contributed by atoms with Gasteiger partial charge in [0.2, 0.25) is 5.91 Å². The van der Waals surface area contributed by atoms with E-state index in [1.165, 1.54) is 0 Å². The lowest BCUT2D eigenvalue weighted by atomic mass is 10.0. The van der Waals surface area contributed by atoms with Crippen LogP contribution in [0.25, 0.3) is 0 Å². The minimum atomic E-state index is -0.0565. The van der Waals surface area contributed by atoms with E-state index in [1.807, 2.05) is 18.7 Å². The van der Waals surface area contributed by atoms with Crippen molar-refractivity contribution in [3.63, 3.8) is 0 Å². The quantitative estimate of drug-likeness (QED) is 0.360. The molecule has 3 atom stereocenters. The van der Waals surface area contributed by atoms with E-state index in [0.29, 0.717) is 11.7 Å². The summed E-state index contributed by atoms with van der Waals surface area (Å²) in [6.45, 7) is 1.85. The molecule has 3 rings (SSSR count). The fraction of sp³-hybridized carbons (Fsp3) is 0.529. The van der Waals surface area contributed by atoms with Gasteiger partial charge in [0.15, 0.2) is 0 Å². The molecule has 1 aromatic carbocycles. The Kier molecular flexibility index (Phi) is 5.18. The number of aryl methyl sites for hydroxylation is 1. The highest BCUT2D eigenvalue weighted by Crippen LogP contribution is 2.33. The molecular weight excluding hydrogens is 326 g/mol. The minimum Gasteiger partial charge on any atom is -0.508 e. The van der Waals surface area contributed by atoms with Crippen molar-refractivity contribution in [2.75, 3.05) is 11.1 Å². The van der Waals surface area contributed by atoms with Crippen molar-refractivity contribution in [3.8, 4) is 5.75 Å². The summed E-state index contributed by atoms with van der Waals surface area (Å²) >= 11 is 1.90. The second-order valence-electron chi connectivity index (χ2n) is 6.42. The minimum absolute atomic E-state index is 0.00317. The maximum absolute atomic E-state index is 12.0. The van der Waals surface area contributed by atoms with Gasteiger partial charge in [0, 0.05) is 23.1 Å². The number of unbranched alkanes of at least 4 members (excludes halogenated alkanes) is 1. The van der Waals surface area contributed by atoms with Gasteiger partial charge in [0.05, 0.1) is 12.1 Å². The number of hydrogen-bond donors (Lipinski definition) is 4. The molecule has 2 aliphatic heterocycles. The summed E-state index contributed by atoms with van der Waals surface area (Å²) in [5.74, 6) is 1.16. The van der Waals surface area contributed by atoms with Crippen LogP contribution in [-0.4, -0.2) is 40.1 Å². The number of urea groups is 1. The van der Waals surface area contributed by atoms with Crippen molar-refractivity contribution in [1.82, 2.24) is 10.6 Å². The van der Waals surface area contributed by atoms with Crippen molar-refractivity contribution in [1.29, 1.82) is 0 Å². The fourth-order valence-electron chi connectivity index (χ4n) is 3.27. The molecule has 0 radical (unpaired) electrons. The third-order valence-electron chi connectivity index (χ3n) is 4.56. The van der Waals surface area contributed by atoms with Gasteiger partial charge < -0.3 is 21.1 Å². The Labute approximate surface area is 145 Å². The van der Waals surface area contributed by atoms with E-state index in [1.54, 1.807) is 18.2 Å². The second-order valence-corrected chi connectivity index (χ2v) is 7.69. The van der Waals surface area contributed by atoms with E-state index in [2.05, 4.69) is 16.0 Å². The smallest absolute Gasteiger partial charge is 0.315 e. The van der Waals surface area contributed by atoms with E-state index in [4.69, 9.17) is 0 Å². The first-order valence-electron chi connectivity index (χ1n) is 8.31. The average Bonchev–Trinajstić information content (AvgIpc) is 3.06. The third-order valence-corrected chi connectivity index (χ3v) is 6.07. The van der Waals surface area contributed by atoms with Gasteiger partial charge in [0.25, 0.3) is 0 Å². The molecule has 2 heterocycles. The first kappa shape index (κ1) is 17.0. The van der Waals surface area contributed by atoms with Crippen LogP contribution in [0.1, 0.15) is 31.2 Å². The number of aromatic hydroxyl groups is 1. The molecule has 0 bridgehead atoms. The molecule has 0 saturated carbocycles. The van der Waals surface area contributed by atoms with Gasteiger partial charge in [-0.15, -0.1) is 0 Å².